The number of methoxy groups -OCH3 is 2. The van der Waals surface area contributed by atoms with Crippen LogP contribution in [0, 0.1) is 11.8 Å². The predicted octanol–water partition coefficient (Wildman–Crippen LogP) is 11.5. The van der Waals surface area contributed by atoms with E-state index < -0.39 is 81.9 Å². The number of fused-ring (bicyclic) bond motifs is 12. The Balaban J connectivity index is 0.000000181. The van der Waals surface area contributed by atoms with Crippen LogP contribution in [0.3, 0.4) is 0 Å². The molecule has 10 rings (SSSR count). The molecule has 372 valence electrons. The molecule has 4 aliphatic heterocycles. The highest BCUT2D eigenvalue weighted by molar-refractivity contribution is 9.10. The van der Waals surface area contributed by atoms with Crippen LogP contribution in [0.15, 0.2) is 106 Å². The molecule has 0 fully saturated rings. The molecule has 0 unspecified atom stereocenters. The maximum Gasteiger partial charge on any atom is 0.421 e. The maximum atomic E-state index is 14.4. The number of benzene rings is 4. The van der Waals surface area contributed by atoms with Gasteiger partial charge in [-0.05, 0) is 125 Å². The predicted molar refractivity (Wildman–Crippen MR) is 280 cm³/mol. The molecule has 0 saturated carbocycles. The normalized spacial score (nSPS) is 23.9. The van der Waals surface area contributed by atoms with Crippen molar-refractivity contribution in [1.29, 1.82) is 0 Å². The lowest BCUT2D eigenvalue weighted by Crippen LogP contribution is -2.59. The first-order chi connectivity index (χ1) is 33.6. The van der Waals surface area contributed by atoms with Crippen LogP contribution in [0.5, 0.6) is 0 Å². The molecule has 4 amide bonds. The number of imide groups is 2. The van der Waals surface area contributed by atoms with Crippen molar-refractivity contribution >= 4 is 125 Å². The van der Waals surface area contributed by atoms with Gasteiger partial charge in [0.25, 0.3) is 11.8 Å². The van der Waals surface area contributed by atoms with Crippen LogP contribution in [0.4, 0.5) is 32.3 Å². The van der Waals surface area contributed by atoms with Gasteiger partial charge in [0.05, 0.1) is 54.9 Å². The molecule has 0 saturated heterocycles. The van der Waals surface area contributed by atoms with Gasteiger partial charge in [0.15, 0.2) is 0 Å². The molecule has 2 spiro atoms. The number of halogens is 4. The molecule has 0 aromatic heterocycles. The number of alkyl halides is 2. The van der Waals surface area contributed by atoms with Gasteiger partial charge in [-0.2, -0.15) is 0 Å². The summed E-state index contributed by atoms with van der Waals surface area (Å²) in [6.45, 7) is 10.5. The van der Waals surface area contributed by atoms with E-state index in [9.17, 15) is 28.8 Å². The Bertz CT molecular complexity index is 2750. The van der Waals surface area contributed by atoms with Crippen molar-refractivity contribution in [2.24, 2.45) is 11.8 Å². The molecule has 2 N–H and O–H groups in total. The van der Waals surface area contributed by atoms with Crippen molar-refractivity contribution in [2.45, 2.75) is 88.5 Å². The first-order valence-electron chi connectivity index (χ1n) is 22.7. The number of hydrogen-bond donors (Lipinski definition) is 2. The summed E-state index contributed by atoms with van der Waals surface area (Å²) in [6, 6.07) is 24.8. The molecule has 6 aliphatic rings. The monoisotopic (exact) mass is 1130 g/mol. The molecule has 4 aromatic rings. The van der Waals surface area contributed by atoms with E-state index in [0.29, 0.717) is 35.3 Å². The molecule has 0 radical (unpaired) electrons. The number of hydrogen-bond acceptors (Lipinski definition) is 12. The van der Waals surface area contributed by atoms with Crippen LogP contribution >= 0.6 is 55.1 Å². The van der Waals surface area contributed by atoms with Crippen LogP contribution in [0.1, 0.15) is 76.6 Å². The quantitative estimate of drug-likeness (QED) is 0.111. The fourth-order valence-electron chi connectivity index (χ4n) is 10.9. The molecule has 6 atom stereocenters. The number of para-hydroxylation sites is 2. The number of ether oxygens (including phenoxy) is 4. The van der Waals surface area contributed by atoms with E-state index in [4.69, 9.17) is 42.1 Å². The summed E-state index contributed by atoms with van der Waals surface area (Å²) in [5.74, 6) is -3.62. The van der Waals surface area contributed by atoms with Gasteiger partial charge < -0.3 is 29.6 Å². The Morgan fingerprint density at radius 3 is 1.31 bits per heavy atom. The Hall–Kier alpha value is -5.68. The lowest BCUT2D eigenvalue weighted by Gasteiger charge is -2.42. The molecule has 2 aliphatic carbocycles. The second-order valence-electron chi connectivity index (χ2n) is 19.6. The van der Waals surface area contributed by atoms with Gasteiger partial charge in [-0.1, -0.05) is 80.4 Å². The largest absolute Gasteiger partial charge is 0.469 e. The Morgan fingerprint density at radius 2 is 0.972 bits per heavy atom. The third-order valence-corrected chi connectivity index (χ3v) is 14.4. The van der Waals surface area contributed by atoms with Gasteiger partial charge in [0.2, 0.25) is 0 Å². The average Bonchev–Trinajstić information content (AvgIpc) is 4.02. The number of nitrogens with zero attached hydrogens (tertiary/aromatic N) is 2. The first-order valence-corrected chi connectivity index (χ1v) is 25.4. The molecular weight excluding hydrogens is 1080 g/mol. The second kappa shape index (κ2) is 19.4. The van der Waals surface area contributed by atoms with E-state index in [1.54, 1.807) is 65.8 Å². The summed E-state index contributed by atoms with van der Waals surface area (Å²) in [7, 11) is 2.64. The minimum absolute atomic E-state index is 0.194. The van der Waals surface area contributed by atoms with Crippen LogP contribution in [-0.4, -0.2) is 78.8 Å². The number of nitrogens with one attached hydrogen (secondary N) is 2. The summed E-state index contributed by atoms with van der Waals surface area (Å²) in [4.78, 5) is 83.8. The van der Waals surface area contributed by atoms with E-state index in [0.717, 1.165) is 52.4 Å². The summed E-state index contributed by atoms with van der Waals surface area (Å²) in [5, 5.41) is 7.17. The van der Waals surface area contributed by atoms with E-state index in [1.807, 2.05) is 72.8 Å². The number of rotatable bonds is 2. The minimum Gasteiger partial charge on any atom is -0.469 e. The average molecular weight is 1140 g/mol. The fourth-order valence-corrected chi connectivity index (χ4v) is 11.6. The minimum atomic E-state index is -1.38. The molecule has 0 bridgehead atoms. The van der Waals surface area contributed by atoms with E-state index in [-0.39, 0.29) is 5.34 Å². The Morgan fingerprint density at radius 1 is 0.620 bits per heavy atom. The van der Waals surface area contributed by atoms with Crippen LogP contribution in [0.2, 0.25) is 0 Å². The molecular formula is C53H52Br2Cl2N4O10. The van der Waals surface area contributed by atoms with Gasteiger partial charge in [-0.15, -0.1) is 23.2 Å². The third-order valence-electron chi connectivity index (χ3n) is 13.4. The van der Waals surface area contributed by atoms with Crippen molar-refractivity contribution in [2.75, 3.05) is 40.0 Å². The van der Waals surface area contributed by atoms with Crippen LogP contribution in [-0.2, 0) is 49.0 Å². The zero-order valence-corrected chi connectivity index (χ0v) is 44.8. The van der Waals surface area contributed by atoms with Gasteiger partial charge in [0, 0.05) is 31.4 Å². The lowest BCUT2D eigenvalue weighted by molar-refractivity contribution is -0.151. The number of allylic oxidation sites excluding steroid dienone is 2. The fraction of sp³-hybridized carbons (Fsp3) is 0.358. The van der Waals surface area contributed by atoms with Gasteiger partial charge in [0.1, 0.15) is 22.0 Å². The first kappa shape index (κ1) is 51.7. The Kier molecular flexibility index (Phi) is 14.1. The number of amides is 4. The van der Waals surface area contributed by atoms with Gasteiger partial charge in [-0.25, -0.2) is 19.4 Å². The zero-order valence-electron chi connectivity index (χ0n) is 40.2. The Labute approximate surface area is 438 Å². The highest BCUT2D eigenvalue weighted by Gasteiger charge is 2.68. The molecule has 71 heavy (non-hydrogen) atoms. The SMILES string of the molecule is COC(=O)[C@@H]1CC=C2c3cc(Br)ccc3N[C@@H]2[C@@]12C(=O)N(C(=O)OC(C)(C)C)c1ccccc12.COC(=O)[C@@H]1CC=C2c3cc(Br)ccc3N[C@@H]2[C@@]12C(=O)N(C(=O)OC(C)(C)C)c1ccccc12.ClCCl. The van der Waals surface area contributed by atoms with E-state index >= 15 is 0 Å². The summed E-state index contributed by atoms with van der Waals surface area (Å²) in [5.41, 5.74) is 3.22. The highest BCUT2D eigenvalue weighted by atomic mass is 79.9. The third kappa shape index (κ3) is 8.61. The summed E-state index contributed by atoms with van der Waals surface area (Å²) >= 11 is 16.6. The maximum absolute atomic E-state index is 14.4. The van der Waals surface area contributed by atoms with Crippen molar-refractivity contribution in [3.05, 3.63) is 128 Å². The molecule has 4 heterocycles. The number of esters is 2. The summed E-state index contributed by atoms with van der Waals surface area (Å²) in [6.07, 6.45) is 3.06. The number of anilines is 4. The standard InChI is InChI=1S/2C26H25BrN2O5.CH2Cl2/c2*1-25(2,3)34-24(32)29-20-8-6-5-7-17(20)26(23(29)31)18(22(30)33-4)11-10-15-16-13-14(27)9-12-19(16)28-21(15)26;2-1-3/h2*5-10,12-13,18,21,28H,11H2,1-4H3;1H2/t2*18-,21-,26-;/m00./s1. The summed E-state index contributed by atoms with van der Waals surface area (Å²) < 4.78 is 23.4. The van der Waals surface area contributed by atoms with Gasteiger partial charge >= 0.3 is 24.1 Å². The van der Waals surface area contributed by atoms with Gasteiger partial charge in [-0.3, -0.25) is 19.2 Å². The number of carbonyl (C=O) groups excluding carboxylic acids is 6. The van der Waals surface area contributed by atoms with Crippen molar-refractivity contribution in [1.82, 2.24) is 0 Å². The highest BCUT2D eigenvalue weighted by Crippen LogP contribution is 2.60. The second-order valence-corrected chi connectivity index (χ2v) is 22.2. The van der Waals surface area contributed by atoms with Crippen LogP contribution in [0.25, 0.3) is 11.1 Å². The molecule has 14 nitrogen and oxygen atoms in total. The molecule has 18 heteroatoms. The van der Waals surface area contributed by atoms with Crippen LogP contribution < -0.4 is 20.4 Å². The van der Waals surface area contributed by atoms with Crippen molar-refractivity contribution in [3.8, 4) is 0 Å². The van der Waals surface area contributed by atoms with E-state index in [1.165, 1.54) is 14.2 Å². The smallest absolute Gasteiger partial charge is 0.421 e. The van der Waals surface area contributed by atoms with Crippen molar-refractivity contribution < 1.29 is 47.7 Å². The topological polar surface area (TPSA) is 170 Å². The lowest BCUT2D eigenvalue weighted by atomic mass is 9.60. The molecule has 4 aromatic carbocycles. The number of carbonyl (C=O) groups is 6. The van der Waals surface area contributed by atoms with Crippen molar-refractivity contribution in [3.63, 3.8) is 0 Å². The zero-order chi connectivity index (χ0) is 51.5. The van der Waals surface area contributed by atoms with E-state index in [2.05, 4.69) is 42.5 Å².